The van der Waals surface area contributed by atoms with Crippen molar-refractivity contribution in [1.29, 1.82) is 0 Å². The van der Waals surface area contributed by atoms with Crippen LogP contribution in [0.4, 0.5) is 5.82 Å². The van der Waals surface area contributed by atoms with Gasteiger partial charge in [0, 0.05) is 57.3 Å². The number of ether oxygens (including phenoxy) is 1. The molecule has 5 rings (SSSR count). The summed E-state index contributed by atoms with van der Waals surface area (Å²) in [6.07, 6.45) is 3.71. The molecule has 0 saturated carbocycles. The number of hydrogen-bond donors (Lipinski definition) is 2. The first-order valence-electron chi connectivity index (χ1n) is 13.3. The molecule has 212 valence electrons. The van der Waals surface area contributed by atoms with Crippen molar-refractivity contribution in [2.24, 2.45) is 7.05 Å². The van der Waals surface area contributed by atoms with Crippen LogP contribution in [0.2, 0.25) is 0 Å². The zero-order valence-corrected chi connectivity index (χ0v) is 24.4. The van der Waals surface area contributed by atoms with Crippen LogP contribution in [0.25, 0.3) is 28.2 Å². The number of imidazole rings is 1. The Morgan fingerprint density at radius 3 is 2.56 bits per heavy atom. The number of carbonyl (C=O) groups excluding carboxylic acids is 1. The van der Waals surface area contributed by atoms with Crippen molar-refractivity contribution in [1.82, 2.24) is 29.0 Å². The zero-order chi connectivity index (χ0) is 29.5. The average Bonchev–Trinajstić information content (AvgIpc) is 3.52. The summed E-state index contributed by atoms with van der Waals surface area (Å²) < 4.78 is 9.21. The molecule has 0 atom stereocenters. The summed E-state index contributed by atoms with van der Waals surface area (Å²) in [5, 5.41) is 19.3. The van der Waals surface area contributed by atoms with Crippen molar-refractivity contribution in [3.63, 3.8) is 0 Å². The quantitative estimate of drug-likeness (QED) is 0.288. The fourth-order valence-corrected chi connectivity index (χ4v) is 4.83. The monoisotopic (exact) mass is 553 g/mol. The third-order valence-corrected chi connectivity index (χ3v) is 7.00. The smallest absolute Gasteiger partial charge is 0.257 e. The molecule has 5 aromatic rings. The normalized spacial score (nSPS) is 11.6. The van der Waals surface area contributed by atoms with Crippen LogP contribution in [0.1, 0.15) is 41.2 Å². The molecule has 2 aromatic carbocycles. The van der Waals surface area contributed by atoms with E-state index >= 15 is 0 Å². The van der Waals surface area contributed by atoms with E-state index in [1.54, 1.807) is 57.9 Å². The second-order valence-electron chi connectivity index (χ2n) is 10.8. The molecule has 10 nitrogen and oxygen atoms in total. The number of benzene rings is 2. The fourth-order valence-electron chi connectivity index (χ4n) is 4.83. The van der Waals surface area contributed by atoms with Gasteiger partial charge in [0.05, 0.1) is 24.1 Å². The van der Waals surface area contributed by atoms with Gasteiger partial charge in [0.2, 0.25) is 0 Å². The molecule has 1 amide bonds. The lowest BCUT2D eigenvalue weighted by molar-refractivity contribution is 0.0740. The minimum atomic E-state index is -1.20. The van der Waals surface area contributed by atoms with Gasteiger partial charge in [-0.2, -0.15) is 9.61 Å². The van der Waals surface area contributed by atoms with Gasteiger partial charge < -0.3 is 24.6 Å². The summed E-state index contributed by atoms with van der Waals surface area (Å²) >= 11 is 0. The van der Waals surface area contributed by atoms with Crippen molar-refractivity contribution < 1.29 is 14.6 Å². The number of aliphatic hydroxyl groups is 1. The van der Waals surface area contributed by atoms with E-state index in [0.29, 0.717) is 35.0 Å². The standard InChI is InChI=1S/C31H35N7O3/c1-19-27(21-11-12-24(41-7)23(16-21)30(39)36(4)5)29-34-25(31(2,3)40)17-26(38(29)35-19)33-18-20-9-8-10-22(15-20)28-32-13-14-37(28)6/h8-17,33,40H,18H2,1-7H3. The molecule has 3 aromatic heterocycles. The molecule has 0 aliphatic heterocycles. The molecule has 0 bridgehead atoms. The Morgan fingerprint density at radius 1 is 1.12 bits per heavy atom. The number of hydrogen-bond acceptors (Lipinski definition) is 7. The maximum absolute atomic E-state index is 12.9. The van der Waals surface area contributed by atoms with Crippen molar-refractivity contribution in [3.8, 4) is 28.3 Å². The SMILES string of the molecule is COc1ccc(-c2c(C)nn3c(NCc4cccc(-c5nccn5C)c4)cc(C(C)(C)O)nc23)cc1C(=O)N(C)C. The minimum Gasteiger partial charge on any atom is -0.496 e. The molecule has 41 heavy (non-hydrogen) atoms. The summed E-state index contributed by atoms with van der Waals surface area (Å²) in [5.41, 5.74) is 4.67. The van der Waals surface area contributed by atoms with Crippen LogP contribution in [-0.2, 0) is 19.2 Å². The van der Waals surface area contributed by atoms with Gasteiger partial charge in [-0.1, -0.05) is 24.3 Å². The Hall–Kier alpha value is -4.70. The first kappa shape index (κ1) is 27.9. The third-order valence-electron chi connectivity index (χ3n) is 7.00. The summed E-state index contributed by atoms with van der Waals surface area (Å²) in [7, 11) is 6.93. The van der Waals surface area contributed by atoms with E-state index in [1.807, 2.05) is 49.0 Å². The predicted molar refractivity (Wildman–Crippen MR) is 159 cm³/mol. The topological polar surface area (TPSA) is 110 Å². The predicted octanol–water partition coefficient (Wildman–Crippen LogP) is 4.66. The highest BCUT2D eigenvalue weighted by atomic mass is 16.5. The summed E-state index contributed by atoms with van der Waals surface area (Å²) in [4.78, 5) is 23.8. The molecule has 0 fully saturated rings. The first-order chi connectivity index (χ1) is 19.5. The van der Waals surface area contributed by atoms with Crippen molar-refractivity contribution in [3.05, 3.63) is 83.4 Å². The summed E-state index contributed by atoms with van der Waals surface area (Å²) in [6, 6.07) is 15.5. The number of anilines is 1. The van der Waals surface area contributed by atoms with Crippen LogP contribution in [-0.4, -0.2) is 61.3 Å². The van der Waals surface area contributed by atoms with Crippen LogP contribution in [0.3, 0.4) is 0 Å². The van der Waals surface area contributed by atoms with E-state index < -0.39 is 5.60 Å². The van der Waals surface area contributed by atoms with Crippen molar-refractivity contribution in [2.45, 2.75) is 32.9 Å². The molecule has 3 heterocycles. The fraction of sp³-hybridized carbons (Fsp3) is 0.290. The van der Waals surface area contributed by atoms with E-state index in [4.69, 9.17) is 14.8 Å². The highest BCUT2D eigenvalue weighted by Gasteiger charge is 2.25. The lowest BCUT2D eigenvalue weighted by Gasteiger charge is -2.19. The molecular formula is C31H35N7O3. The van der Waals surface area contributed by atoms with E-state index in [1.165, 1.54) is 4.90 Å². The second-order valence-corrected chi connectivity index (χ2v) is 10.8. The van der Waals surface area contributed by atoms with E-state index in [-0.39, 0.29) is 5.91 Å². The highest BCUT2D eigenvalue weighted by molar-refractivity contribution is 5.98. The molecule has 0 aliphatic carbocycles. The first-order valence-corrected chi connectivity index (χ1v) is 13.3. The minimum absolute atomic E-state index is 0.168. The molecule has 10 heteroatoms. The number of fused-ring (bicyclic) bond motifs is 1. The molecule has 0 radical (unpaired) electrons. The number of amides is 1. The van der Waals surface area contributed by atoms with Gasteiger partial charge in [-0.3, -0.25) is 4.79 Å². The number of methoxy groups -OCH3 is 1. The van der Waals surface area contributed by atoms with Gasteiger partial charge >= 0.3 is 0 Å². The van der Waals surface area contributed by atoms with Crippen LogP contribution in [0, 0.1) is 6.92 Å². The number of nitrogens with zero attached hydrogens (tertiary/aromatic N) is 6. The average molecular weight is 554 g/mol. The maximum Gasteiger partial charge on any atom is 0.257 e. The lowest BCUT2D eigenvalue weighted by Crippen LogP contribution is -2.22. The maximum atomic E-state index is 12.9. The molecule has 0 unspecified atom stereocenters. The Balaban J connectivity index is 1.59. The zero-order valence-electron chi connectivity index (χ0n) is 24.4. The van der Waals surface area contributed by atoms with Crippen molar-refractivity contribution >= 4 is 17.4 Å². The molecule has 2 N–H and O–H groups in total. The number of aromatic nitrogens is 5. The Morgan fingerprint density at radius 2 is 1.90 bits per heavy atom. The number of rotatable bonds is 8. The van der Waals surface area contributed by atoms with Gasteiger partial charge in [-0.05, 0) is 50.1 Å². The Kier molecular flexibility index (Phi) is 7.27. The number of carbonyl (C=O) groups is 1. The van der Waals surface area contributed by atoms with Crippen LogP contribution >= 0.6 is 0 Å². The number of nitrogens with one attached hydrogen (secondary N) is 1. The van der Waals surface area contributed by atoms with Crippen LogP contribution in [0.5, 0.6) is 5.75 Å². The molecule has 0 spiro atoms. The van der Waals surface area contributed by atoms with Gasteiger partial charge in [0.15, 0.2) is 5.65 Å². The largest absolute Gasteiger partial charge is 0.496 e. The Labute approximate surface area is 239 Å². The highest BCUT2D eigenvalue weighted by Crippen LogP contribution is 2.34. The van der Waals surface area contributed by atoms with E-state index in [9.17, 15) is 9.90 Å². The van der Waals surface area contributed by atoms with Crippen molar-refractivity contribution in [2.75, 3.05) is 26.5 Å². The lowest BCUT2D eigenvalue weighted by atomic mass is 10.0. The van der Waals surface area contributed by atoms with Gasteiger partial charge in [0.1, 0.15) is 23.0 Å². The second kappa shape index (κ2) is 10.7. The molecular weight excluding hydrogens is 518 g/mol. The molecule has 0 aliphatic rings. The summed E-state index contributed by atoms with van der Waals surface area (Å²) in [6.45, 7) is 5.83. The third kappa shape index (κ3) is 5.38. The van der Waals surface area contributed by atoms with E-state index in [2.05, 4.69) is 22.4 Å². The van der Waals surface area contributed by atoms with E-state index in [0.717, 1.165) is 33.8 Å². The summed E-state index contributed by atoms with van der Waals surface area (Å²) in [5.74, 6) is 1.89. The van der Waals surface area contributed by atoms with Crippen LogP contribution in [0.15, 0.2) is 60.9 Å². The number of aryl methyl sites for hydroxylation is 2. The van der Waals surface area contributed by atoms with Gasteiger partial charge in [-0.15, -0.1) is 0 Å². The van der Waals surface area contributed by atoms with Crippen LogP contribution < -0.4 is 10.1 Å². The molecule has 0 saturated heterocycles. The van der Waals surface area contributed by atoms with Gasteiger partial charge in [0.25, 0.3) is 5.91 Å². The van der Waals surface area contributed by atoms with Gasteiger partial charge in [-0.25, -0.2) is 9.97 Å². The Bertz CT molecular complexity index is 1740.